The van der Waals surface area contributed by atoms with Crippen molar-refractivity contribution in [2.75, 3.05) is 6.54 Å². The van der Waals surface area contributed by atoms with Crippen LogP contribution in [0.5, 0.6) is 0 Å². The van der Waals surface area contributed by atoms with E-state index in [1.807, 2.05) is 0 Å². The molecule has 1 N–H and O–H groups in total. The molecule has 0 aromatic heterocycles. The first-order valence-corrected chi connectivity index (χ1v) is 5.58. The fraction of sp³-hybridized carbons (Fsp3) is 0.917. The fourth-order valence-electron chi connectivity index (χ4n) is 3.25. The van der Waals surface area contributed by atoms with Crippen molar-refractivity contribution in [3.63, 3.8) is 0 Å². The average Bonchev–Trinajstić information content (AvgIpc) is 2.37. The Hall–Kier alpha value is -0.370. The predicted molar refractivity (Wildman–Crippen MR) is 57.1 cm³/mol. The van der Waals surface area contributed by atoms with Crippen LogP contribution in [-0.2, 0) is 4.79 Å². The molecule has 1 saturated heterocycles. The highest BCUT2D eigenvalue weighted by molar-refractivity contribution is 5.82. The highest BCUT2D eigenvalue weighted by Crippen LogP contribution is 2.50. The van der Waals surface area contributed by atoms with E-state index in [4.69, 9.17) is 0 Å². The SMILES string of the molecule is CC(C)(C)C1NC[C@@]2(C)CC(=O)C[C@@H]12. The lowest BCUT2D eigenvalue weighted by atomic mass is 9.72. The van der Waals surface area contributed by atoms with Gasteiger partial charge in [0.1, 0.15) is 5.78 Å². The third-order valence-corrected chi connectivity index (χ3v) is 4.00. The maximum atomic E-state index is 11.5. The molecule has 0 spiro atoms. The van der Waals surface area contributed by atoms with E-state index in [1.54, 1.807) is 0 Å². The van der Waals surface area contributed by atoms with Crippen molar-refractivity contribution in [3.8, 4) is 0 Å². The Morgan fingerprint density at radius 3 is 2.64 bits per heavy atom. The standard InChI is InChI=1S/C12H21NO/c1-11(2,3)10-9-5-8(14)6-12(9,4)7-13-10/h9-10,13H,5-7H2,1-4H3/t9-,10?,12+/m0/s1. The van der Waals surface area contributed by atoms with E-state index in [1.165, 1.54) is 0 Å². The molecule has 0 aromatic carbocycles. The summed E-state index contributed by atoms with van der Waals surface area (Å²) in [5.74, 6) is 1.03. The summed E-state index contributed by atoms with van der Waals surface area (Å²) in [6.07, 6.45) is 1.59. The van der Waals surface area contributed by atoms with E-state index in [0.29, 0.717) is 17.7 Å². The summed E-state index contributed by atoms with van der Waals surface area (Å²) in [4.78, 5) is 11.5. The van der Waals surface area contributed by atoms with E-state index in [9.17, 15) is 4.79 Å². The van der Waals surface area contributed by atoms with Crippen molar-refractivity contribution in [1.82, 2.24) is 5.32 Å². The Morgan fingerprint density at radius 2 is 2.07 bits per heavy atom. The van der Waals surface area contributed by atoms with E-state index >= 15 is 0 Å². The van der Waals surface area contributed by atoms with Gasteiger partial charge in [0.15, 0.2) is 0 Å². The number of ketones is 1. The van der Waals surface area contributed by atoms with Gasteiger partial charge in [0.25, 0.3) is 0 Å². The van der Waals surface area contributed by atoms with Gasteiger partial charge in [-0.2, -0.15) is 0 Å². The van der Waals surface area contributed by atoms with Crippen molar-refractivity contribution in [3.05, 3.63) is 0 Å². The summed E-state index contributed by atoms with van der Waals surface area (Å²) in [6, 6.07) is 0.513. The number of fused-ring (bicyclic) bond motifs is 1. The Labute approximate surface area is 86.5 Å². The molecule has 2 nitrogen and oxygen atoms in total. The van der Waals surface area contributed by atoms with E-state index in [-0.39, 0.29) is 10.8 Å². The van der Waals surface area contributed by atoms with Gasteiger partial charge in [-0.1, -0.05) is 27.7 Å². The van der Waals surface area contributed by atoms with Gasteiger partial charge in [-0.25, -0.2) is 0 Å². The number of nitrogens with one attached hydrogen (secondary N) is 1. The van der Waals surface area contributed by atoms with Gasteiger partial charge in [-0.3, -0.25) is 4.79 Å². The Balaban J connectivity index is 2.23. The molecule has 0 bridgehead atoms. The Kier molecular flexibility index (Phi) is 2.04. The molecule has 2 fully saturated rings. The average molecular weight is 195 g/mol. The molecule has 1 unspecified atom stereocenters. The topological polar surface area (TPSA) is 29.1 Å². The molecular weight excluding hydrogens is 174 g/mol. The Morgan fingerprint density at radius 1 is 1.43 bits per heavy atom. The van der Waals surface area contributed by atoms with Crippen molar-refractivity contribution in [2.24, 2.45) is 16.7 Å². The number of hydrogen-bond donors (Lipinski definition) is 1. The van der Waals surface area contributed by atoms with Crippen LogP contribution in [0.1, 0.15) is 40.5 Å². The summed E-state index contributed by atoms with van der Waals surface area (Å²) < 4.78 is 0. The Bertz CT molecular complexity index is 266. The second-order valence-electron chi connectivity index (χ2n) is 6.40. The third kappa shape index (κ3) is 1.40. The first-order valence-electron chi connectivity index (χ1n) is 5.58. The maximum absolute atomic E-state index is 11.5. The highest BCUT2D eigenvalue weighted by atomic mass is 16.1. The van der Waals surface area contributed by atoms with Crippen LogP contribution in [0, 0.1) is 16.7 Å². The van der Waals surface area contributed by atoms with Crippen LogP contribution in [0.4, 0.5) is 0 Å². The molecule has 80 valence electrons. The van der Waals surface area contributed by atoms with Crippen LogP contribution in [-0.4, -0.2) is 18.4 Å². The van der Waals surface area contributed by atoms with Crippen molar-refractivity contribution >= 4 is 5.78 Å². The quantitative estimate of drug-likeness (QED) is 0.640. The lowest BCUT2D eigenvalue weighted by molar-refractivity contribution is -0.118. The molecule has 2 heteroatoms. The number of hydrogen-bond acceptors (Lipinski definition) is 2. The monoisotopic (exact) mass is 195 g/mol. The molecule has 2 aliphatic rings. The summed E-state index contributed by atoms with van der Waals surface area (Å²) >= 11 is 0. The van der Waals surface area contributed by atoms with Crippen LogP contribution in [0.3, 0.4) is 0 Å². The smallest absolute Gasteiger partial charge is 0.133 e. The highest BCUT2D eigenvalue weighted by Gasteiger charge is 2.53. The van der Waals surface area contributed by atoms with Crippen LogP contribution in [0.15, 0.2) is 0 Å². The molecule has 0 radical (unpaired) electrons. The van der Waals surface area contributed by atoms with Gasteiger partial charge in [0.05, 0.1) is 0 Å². The van der Waals surface area contributed by atoms with Gasteiger partial charge < -0.3 is 5.32 Å². The van der Waals surface area contributed by atoms with Gasteiger partial charge in [-0.05, 0) is 16.7 Å². The molecule has 2 rings (SSSR count). The van der Waals surface area contributed by atoms with Crippen molar-refractivity contribution in [2.45, 2.75) is 46.6 Å². The molecule has 1 aliphatic carbocycles. The predicted octanol–water partition coefficient (Wildman–Crippen LogP) is 1.99. The minimum absolute atomic E-state index is 0.245. The second-order valence-corrected chi connectivity index (χ2v) is 6.40. The zero-order chi connectivity index (χ0) is 10.6. The second kappa shape index (κ2) is 2.82. The maximum Gasteiger partial charge on any atom is 0.133 e. The summed E-state index contributed by atoms with van der Waals surface area (Å²) in [7, 11) is 0. The first-order chi connectivity index (χ1) is 6.33. The molecular formula is C12H21NO. The minimum Gasteiger partial charge on any atom is -0.313 e. The van der Waals surface area contributed by atoms with Gasteiger partial charge in [0, 0.05) is 25.4 Å². The molecule has 14 heavy (non-hydrogen) atoms. The van der Waals surface area contributed by atoms with Crippen LogP contribution < -0.4 is 5.32 Å². The molecule has 0 aromatic rings. The number of carbonyl (C=O) groups excluding carboxylic acids is 1. The van der Waals surface area contributed by atoms with Gasteiger partial charge >= 0.3 is 0 Å². The summed E-state index contributed by atoms with van der Waals surface area (Å²) in [6.45, 7) is 10.1. The summed E-state index contributed by atoms with van der Waals surface area (Å²) in [5, 5.41) is 3.61. The number of Topliss-reactive ketones (excluding diaryl/α,β-unsaturated/α-hetero) is 1. The normalized spacial score (nSPS) is 43.0. The van der Waals surface area contributed by atoms with Crippen LogP contribution in [0.2, 0.25) is 0 Å². The largest absolute Gasteiger partial charge is 0.313 e. The first kappa shape index (κ1) is 10.2. The number of rotatable bonds is 0. The zero-order valence-corrected chi connectivity index (χ0v) is 9.68. The third-order valence-electron chi connectivity index (χ3n) is 4.00. The molecule has 1 saturated carbocycles. The van der Waals surface area contributed by atoms with Gasteiger partial charge in [-0.15, -0.1) is 0 Å². The molecule has 3 atom stereocenters. The fourth-order valence-corrected chi connectivity index (χ4v) is 3.25. The molecule has 0 amide bonds. The molecule has 1 heterocycles. The lowest BCUT2D eigenvalue weighted by Gasteiger charge is -2.33. The van der Waals surface area contributed by atoms with E-state index in [0.717, 1.165) is 19.4 Å². The van der Waals surface area contributed by atoms with Crippen LogP contribution in [0.25, 0.3) is 0 Å². The lowest BCUT2D eigenvalue weighted by Crippen LogP contribution is -2.39. The van der Waals surface area contributed by atoms with E-state index < -0.39 is 0 Å². The van der Waals surface area contributed by atoms with Gasteiger partial charge in [0.2, 0.25) is 0 Å². The van der Waals surface area contributed by atoms with Crippen molar-refractivity contribution in [1.29, 1.82) is 0 Å². The number of carbonyl (C=O) groups is 1. The zero-order valence-electron chi connectivity index (χ0n) is 9.68. The van der Waals surface area contributed by atoms with Crippen molar-refractivity contribution < 1.29 is 4.79 Å². The minimum atomic E-state index is 0.245. The van der Waals surface area contributed by atoms with E-state index in [2.05, 4.69) is 33.0 Å². The summed E-state index contributed by atoms with van der Waals surface area (Å²) in [5.41, 5.74) is 0.516. The molecule has 1 aliphatic heterocycles. The van der Waals surface area contributed by atoms with Crippen LogP contribution >= 0.6 is 0 Å².